The number of rotatable bonds is 6. The van der Waals surface area contributed by atoms with Crippen LogP contribution in [0.4, 0.5) is 10.8 Å². The lowest BCUT2D eigenvalue weighted by atomic mass is 9.89. The van der Waals surface area contributed by atoms with Gasteiger partial charge in [-0.05, 0) is 30.2 Å². The number of hydrogen-bond acceptors (Lipinski definition) is 7. The Bertz CT molecular complexity index is 792. The second-order valence-corrected chi connectivity index (χ2v) is 6.78. The molecule has 4 N–H and O–H groups in total. The zero-order valence-electron chi connectivity index (χ0n) is 13.7. The molecule has 132 valence electrons. The van der Waals surface area contributed by atoms with Gasteiger partial charge in [-0.15, -0.1) is 10.2 Å². The number of benzene rings is 1. The van der Waals surface area contributed by atoms with Gasteiger partial charge in [-0.25, -0.2) is 0 Å². The minimum atomic E-state index is -0.518. The molecule has 1 aliphatic heterocycles. The predicted octanol–water partition coefficient (Wildman–Crippen LogP) is 1.30. The molecule has 0 saturated heterocycles. The van der Waals surface area contributed by atoms with Crippen LogP contribution in [-0.4, -0.2) is 35.7 Å². The summed E-state index contributed by atoms with van der Waals surface area (Å²) in [5.41, 5.74) is 6.96. The molecule has 9 heteroatoms. The van der Waals surface area contributed by atoms with Crippen molar-refractivity contribution in [1.29, 1.82) is 0 Å². The van der Waals surface area contributed by atoms with Crippen LogP contribution in [0.2, 0.25) is 0 Å². The SMILES string of the molecule is COc1ccc2c(c1)C(C(=O)NCCCc1nnc(N)s1)CC(=O)N2. The van der Waals surface area contributed by atoms with E-state index in [-0.39, 0.29) is 18.2 Å². The first-order valence-corrected chi connectivity index (χ1v) is 8.72. The molecule has 0 bridgehead atoms. The molecule has 0 radical (unpaired) electrons. The van der Waals surface area contributed by atoms with E-state index in [0.717, 1.165) is 17.0 Å². The van der Waals surface area contributed by atoms with Gasteiger partial charge in [0.05, 0.1) is 13.0 Å². The van der Waals surface area contributed by atoms with E-state index >= 15 is 0 Å². The van der Waals surface area contributed by atoms with Gasteiger partial charge in [0.15, 0.2) is 0 Å². The van der Waals surface area contributed by atoms with Crippen LogP contribution in [-0.2, 0) is 16.0 Å². The molecule has 0 aliphatic carbocycles. The number of nitrogen functional groups attached to an aromatic ring is 1. The molecule has 0 saturated carbocycles. The molecule has 0 spiro atoms. The maximum atomic E-state index is 12.5. The number of aryl methyl sites for hydroxylation is 1. The van der Waals surface area contributed by atoms with Gasteiger partial charge in [0.25, 0.3) is 0 Å². The third-order valence-corrected chi connectivity index (χ3v) is 4.78. The van der Waals surface area contributed by atoms with Crippen LogP contribution in [0.15, 0.2) is 18.2 Å². The molecule has 1 atom stereocenters. The first-order chi connectivity index (χ1) is 12.1. The number of carbonyl (C=O) groups is 2. The zero-order valence-corrected chi connectivity index (χ0v) is 14.6. The highest BCUT2D eigenvalue weighted by molar-refractivity contribution is 7.15. The highest BCUT2D eigenvalue weighted by Gasteiger charge is 2.30. The lowest BCUT2D eigenvalue weighted by Gasteiger charge is -2.25. The van der Waals surface area contributed by atoms with Crippen molar-refractivity contribution in [1.82, 2.24) is 15.5 Å². The molecule has 2 aromatic rings. The van der Waals surface area contributed by atoms with Crippen LogP contribution in [0.1, 0.15) is 29.3 Å². The van der Waals surface area contributed by atoms with Crippen LogP contribution in [0.25, 0.3) is 0 Å². The summed E-state index contributed by atoms with van der Waals surface area (Å²) in [6, 6.07) is 5.31. The Balaban J connectivity index is 1.61. The topological polar surface area (TPSA) is 119 Å². The van der Waals surface area contributed by atoms with Crippen molar-refractivity contribution >= 4 is 34.0 Å². The maximum absolute atomic E-state index is 12.5. The van der Waals surface area contributed by atoms with Crippen LogP contribution in [0, 0.1) is 0 Å². The lowest BCUT2D eigenvalue weighted by molar-refractivity contribution is -0.126. The fraction of sp³-hybridized carbons (Fsp3) is 0.375. The summed E-state index contributed by atoms with van der Waals surface area (Å²) in [4.78, 5) is 24.4. The number of nitrogens with two attached hydrogens (primary N) is 1. The van der Waals surface area contributed by atoms with Crippen molar-refractivity contribution in [3.8, 4) is 5.75 Å². The molecule has 3 rings (SSSR count). The number of methoxy groups -OCH3 is 1. The summed E-state index contributed by atoms with van der Waals surface area (Å²) in [7, 11) is 1.57. The Morgan fingerprint density at radius 1 is 1.48 bits per heavy atom. The molecule has 8 nitrogen and oxygen atoms in total. The highest BCUT2D eigenvalue weighted by atomic mass is 32.1. The summed E-state index contributed by atoms with van der Waals surface area (Å²) in [6.45, 7) is 0.496. The van der Waals surface area contributed by atoms with Crippen LogP contribution in [0.5, 0.6) is 5.75 Å². The number of nitrogens with one attached hydrogen (secondary N) is 2. The summed E-state index contributed by atoms with van der Waals surface area (Å²) in [5.74, 6) is -0.194. The number of ether oxygens (including phenoxy) is 1. The number of fused-ring (bicyclic) bond motifs is 1. The zero-order chi connectivity index (χ0) is 17.8. The third kappa shape index (κ3) is 4.05. The van der Waals surface area contributed by atoms with E-state index in [9.17, 15) is 9.59 Å². The number of aromatic nitrogens is 2. The normalized spacial score (nSPS) is 16.0. The van der Waals surface area contributed by atoms with E-state index < -0.39 is 5.92 Å². The van der Waals surface area contributed by atoms with Crippen LogP contribution < -0.4 is 21.1 Å². The smallest absolute Gasteiger partial charge is 0.228 e. The summed E-state index contributed by atoms with van der Waals surface area (Å²) in [5, 5.41) is 14.7. The second-order valence-electron chi connectivity index (χ2n) is 5.69. The van der Waals surface area contributed by atoms with Crippen molar-refractivity contribution in [3.63, 3.8) is 0 Å². The van der Waals surface area contributed by atoms with Crippen molar-refractivity contribution in [2.75, 3.05) is 24.7 Å². The van der Waals surface area contributed by atoms with Crippen molar-refractivity contribution in [2.45, 2.75) is 25.2 Å². The van der Waals surface area contributed by atoms with Gasteiger partial charge in [0.2, 0.25) is 16.9 Å². The predicted molar refractivity (Wildman–Crippen MR) is 94.6 cm³/mol. The molecule has 1 unspecified atom stereocenters. The van der Waals surface area contributed by atoms with Gasteiger partial charge in [0.1, 0.15) is 10.8 Å². The number of amides is 2. The van der Waals surface area contributed by atoms with E-state index in [4.69, 9.17) is 10.5 Å². The van der Waals surface area contributed by atoms with Gasteiger partial charge < -0.3 is 21.1 Å². The Morgan fingerprint density at radius 2 is 2.32 bits per heavy atom. The van der Waals surface area contributed by atoms with Gasteiger partial charge in [-0.2, -0.15) is 0 Å². The molecule has 25 heavy (non-hydrogen) atoms. The van der Waals surface area contributed by atoms with E-state index in [1.165, 1.54) is 11.3 Å². The minimum Gasteiger partial charge on any atom is -0.497 e. The molecule has 1 aromatic heterocycles. The molecular formula is C16H19N5O3S. The number of nitrogens with zero attached hydrogens (tertiary/aromatic N) is 2. The van der Waals surface area contributed by atoms with E-state index in [0.29, 0.717) is 29.5 Å². The molecular weight excluding hydrogens is 342 g/mol. The molecule has 0 fully saturated rings. The quantitative estimate of drug-likeness (QED) is 0.667. The van der Waals surface area contributed by atoms with Gasteiger partial charge in [-0.3, -0.25) is 9.59 Å². The Morgan fingerprint density at radius 3 is 3.04 bits per heavy atom. The van der Waals surface area contributed by atoms with Crippen LogP contribution in [0.3, 0.4) is 0 Å². The minimum absolute atomic E-state index is 0.124. The molecule has 1 aromatic carbocycles. The standard InChI is InChI=1S/C16H19N5O3S/c1-24-9-4-5-12-10(7-9)11(8-13(22)19-12)15(23)18-6-2-3-14-20-21-16(17)25-14/h4-5,7,11H,2-3,6,8H2,1H3,(H2,17,21)(H,18,23)(H,19,22). The fourth-order valence-corrected chi connectivity index (χ4v) is 3.39. The van der Waals surface area contributed by atoms with Crippen molar-refractivity contribution < 1.29 is 14.3 Å². The monoisotopic (exact) mass is 361 g/mol. The van der Waals surface area contributed by atoms with Gasteiger partial charge in [-0.1, -0.05) is 11.3 Å². The lowest BCUT2D eigenvalue weighted by Crippen LogP contribution is -2.35. The van der Waals surface area contributed by atoms with Gasteiger partial charge in [0, 0.05) is 25.1 Å². The molecule has 2 amide bonds. The molecule has 2 heterocycles. The first kappa shape index (κ1) is 17.2. The largest absolute Gasteiger partial charge is 0.497 e. The Kier molecular flexibility index (Phi) is 5.13. The Hall–Kier alpha value is -2.68. The van der Waals surface area contributed by atoms with Gasteiger partial charge >= 0.3 is 0 Å². The van der Waals surface area contributed by atoms with E-state index in [1.807, 2.05) is 0 Å². The molecule has 1 aliphatic rings. The Labute approximate surface area is 148 Å². The second kappa shape index (κ2) is 7.47. The maximum Gasteiger partial charge on any atom is 0.228 e. The highest BCUT2D eigenvalue weighted by Crippen LogP contribution is 2.35. The average molecular weight is 361 g/mol. The number of hydrogen-bond donors (Lipinski definition) is 3. The number of carbonyl (C=O) groups excluding carboxylic acids is 2. The van der Waals surface area contributed by atoms with E-state index in [1.54, 1.807) is 25.3 Å². The van der Waals surface area contributed by atoms with Crippen molar-refractivity contribution in [3.05, 3.63) is 28.8 Å². The first-order valence-electron chi connectivity index (χ1n) is 7.90. The third-order valence-electron chi connectivity index (χ3n) is 3.96. The summed E-state index contributed by atoms with van der Waals surface area (Å²) >= 11 is 1.35. The fourth-order valence-electron chi connectivity index (χ4n) is 2.74. The van der Waals surface area contributed by atoms with E-state index in [2.05, 4.69) is 20.8 Å². The average Bonchev–Trinajstić information content (AvgIpc) is 3.02. The van der Waals surface area contributed by atoms with Crippen molar-refractivity contribution in [2.24, 2.45) is 0 Å². The summed E-state index contributed by atoms with van der Waals surface area (Å²) < 4.78 is 5.22. The summed E-state index contributed by atoms with van der Waals surface area (Å²) in [6.07, 6.45) is 1.55. The van der Waals surface area contributed by atoms with Crippen LogP contribution >= 0.6 is 11.3 Å². The number of anilines is 2.